The van der Waals surface area contributed by atoms with Gasteiger partial charge in [0.05, 0.1) is 17.1 Å². The van der Waals surface area contributed by atoms with Crippen LogP contribution in [0.1, 0.15) is 22.8 Å². The van der Waals surface area contributed by atoms with E-state index in [4.69, 9.17) is 27.0 Å². The Bertz CT molecular complexity index is 1640. The van der Waals surface area contributed by atoms with E-state index < -0.39 is 24.3 Å². The third-order valence-corrected chi connectivity index (χ3v) is 6.26. The number of allylic oxidation sites excluding steroid dienone is 1. The number of nitrogens with two attached hydrogens (primary N) is 3. The van der Waals surface area contributed by atoms with Crippen LogP contribution in [0.15, 0.2) is 115 Å². The number of hydrogen-bond donors (Lipinski definition) is 4. The minimum Gasteiger partial charge on any atom is -0.480 e. The number of ether oxygens (including phenoxy) is 1. The number of alkyl halides is 3. The summed E-state index contributed by atoms with van der Waals surface area (Å²) in [6.45, 7) is 3.67. The van der Waals surface area contributed by atoms with E-state index in [2.05, 4.69) is 16.7 Å². The molecule has 0 bridgehead atoms. The molecule has 4 rings (SSSR count). The average Bonchev–Trinajstić information content (AvgIpc) is 3.46. The number of hydrogen-bond acceptors (Lipinski definition) is 5. The normalized spacial score (nSPS) is 13.2. The summed E-state index contributed by atoms with van der Waals surface area (Å²) >= 11 is 0. The number of aliphatic carboxylic acids is 1. The van der Waals surface area contributed by atoms with E-state index in [1.54, 1.807) is 42.6 Å². The summed E-state index contributed by atoms with van der Waals surface area (Å²) in [5.74, 6) is -1.86. The summed E-state index contributed by atoms with van der Waals surface area (Å²) in [5.41, 5.74) is 19.2. The summed E-state index contributed by atoms with van der Waals surface area (Å²) in [6.07, 6.45) is -4.41. The van der Waals surface area contributed by atoms with Gasteiger partial charge in [-0.2, -0.15) is 18.3 Å². The summed E-state index contributed by atoms with van der Waals surface area (Å²) in [7, 11) is 0. The Kier molecular flexibility index (Phi) is 9.31. The van der Waals surface area contributed by atoms with Crippen molar-refractivity contribution in [2.75, 3.05) is 0 Å². The van der Waals surface area contributed by atoms with E-state index in [9.17, 15) is 18.0 Å². The lowest BCUT2D eigenvalue weighted by Gasteiger charge is -2.24. The first-order chi connectivity index (χ1) is 20.4. The summed E-state index contributed by atoms with van der Waals surface area (Å²) in [4.78, 5) is 15.1. The van der Waals surface area contributed by atoms with Crippen LogP contribution in [0.2, 0.25) is 0 Å². The Balaban J connectivity index is 1.64. The van der Waals surface area contributed by atoms with Crippen LogP contribution >= 0.6 is 0 Å². The second-order valence-electron chi connectivity index (χ2n) is 9.49. The molecule has 0 spiro atoms. The van der Waals surface area contributed by atoms with Crippen molar-refractivity contribution in [3.8, 4) is 16.9 Å². The van der Waals surface area contributed by atoms with Crippen molar-refractivity contribution in [2.45, 2.75) is 24.7 Å². The Hall–Kier alpha value is -5.36. The molecular formula is C31H29F3N6O3. The minimum atomic E-state index is -4.83. The van der Waals surface area contributed by atoms with Gasteiger partial charge in [0.1, 0.15) is 11.8 Å². The molecule has 0 aliphatic heterocycles. The topological polar surface area (TPSA) is 155 Å². The molecule has 1 unspecified atom stereocenters. The maximum Gasteiger partial charge on any atom is 0.429 e. The predicted molar refractivity (Wildman–Crippen MR) is 158 cm³/mol. The number of carboxylic acids is 1. The Morgan fingerprint density at radius 2 is 1.67 bits per heavy atom. The highest BCUT2D eigenvalue weighted by molar-refractivity contribution is 5.84. The second kappa shape index (κ2) is 13.1. The maximum atomic E-state index is 14.5. The molecule has 0 aliphatic rings. The van der Waals surface area contributed by atoms with Gasteiger partial charge < -0.3 is 27.0 Å². The number of aromatic nitrogens is 2. The first-order valence-corrected chi connectivity index (χ1v) is 12.9. The molecule has 43 heavy (non-hydrogen) atoms. The van der Waals surface area contributed by atoms with Crippen LogP contribution in [-0.4, -0.2) is 39.0 Å². The molecule has 0 fully saturated rings. The fourth-order valence-electron chi connectivity index (χ4n) is 4.26. The largest absolute Gasteiger partial charge is 0.480 e. The molecule has 7 N–H and O–H groups in total. The smallest absolute Gasteiger partial charge is 0.429 e. The van der Waals surface area contributed by atoms with Crippen molar-refractivity contribution in [2.24, 2.45) is 22.2 Å². The number of benzene rings is 3. The van der Waals surface area contributed by atoms with Crippen LogP contribution < -0.4 is 17.2 Å². The van der Waals surface area contributed by atoms with Gasteiger partial charge in [-0.1, -0.05) is 79.4 Å². The number of guanidine groups is 1. The second-order valence-corrected chi connectivity index (χ2v) is 9.49. The monoisotopic (exact) mass is 590 g/mol. The van der Waals surface area contributed by atoms with Gasteiger partial charge in [-0.3, -0.25) is 4.79 Å². The van der Waals surface area contributed by atoms with Crippen molar-refractivity contribution >= 4 is 17.6 Å². The first kappa shape index (κ1) is 30.6. The van der Waals surface area contributed by atoms with E-state index in [0.29, 0.717) is 16.8 Å². The molecule has 0 radical (unpaired) electrons. The summed E-state index contributed by atoms with van der Waals surface area (Å²) in [6, 6.07) is 22.1. The highest BCUT2D eigenvalue weighted by Gasteiger charge is 2.44. The number of nitrogens with zero attached hydrogens (tertiary/aromatic N) is 3. The van der Waals surface area contributed by atoms with Crippen molar-refractivity contribution in [3.05, 3.63) is 126 Å². The van der Waals surface area contributed by atoms with Gasteiger partial charge in [0.2, 0.25) is 6.10 Å². The standard InChI is InChI=1S/C31H29F3N6O3/c1-19(17-26(38-30(36)37)22-13-11-20(12-14-22)18-24(35)29(41)42)43-28(31(32,33)34)23-9-5-6-10-27(23)40-16-15-25(39-40)21-7-3-2-4-8-21/h2-17,24,28H,1,18,35H2,(H,41,42)(H4,36,37,38)/b26-17-/t24-,28?/m0/s1. The van der Waals surface area contributed by atoms with Crippen molar-refractivity contribution < 1.29 is 27.8 Å². The molecule has 3 aromatic carbocycles. The van der Waals surface area contributed by atoms with Gasteiger partial charge in [-0.05, 0) is 24.1 Å². The van der Waals surface area contributed by atoms with Gasteiger partial charge in [-0.25, -0.2) is 9.67 Å². The third kappa shape index (κ3) is 7.89. The average molecular weight is 591 g/mol. The van der Waals surface area contributed by atoms with Crippen LogP contribution in [0.3, 0.4) is 0 Å². The van der Waals surface area contributed by atoms with Crippen molar-refractivity contribution in [1.82, 2.24) is 9.78 Å². The number of carbonyl (C=O) groups is 1. The molecular weight excluding hydrogens is 561 g/mol. The lowest BCUT2D eigenvalue weighted by atomic mass is 10.0. The van der Waals surface area contributed by atoms with Crippen LogP contribution in [0, 0.1) is 0 Å². The van der Waals surface area contributed by atoms with E-state index in [-0.39, 0.29) is 35.1 Å². The molecule has 0 amide bonds. The molecule has 2 atom stereocenters. The Labute approximate surface area is 245 Å². The molecule has 4 aromatic rings. The fourth-order valence-corrected chi connectivity index (χ4v) is 4.26. The van der Waals surface area contributed by atoms with Gasteiger partial charge >= 0.3 is 12.1 Å². The van der Waals surface area contributed by atoms with Gasteiger partial charge in [0.25, 0.3) is 0 Å². The van der Waals surface area contributed by atoms with Crippen LogP contribution in [0.5, 0.6) is 0 Å². The highest BCUT2D eigenvalue weighted by Crippen LogP contribution is 2.40. The number of rotatable bonds is 11. The third-order valence-electron chi connectivity index (χ3n) is 6.26. The number of carboxylic acid groups (broad SMARTS) is 1. The lowest BCUT2D eigenvalue weighted by molar-refractivity contribution is -0.211. The maximum absolute atomic E-state index is 14.5. The van der Waals surface area contributed by atoms with E-state index in [0.717, 1.165) is 5.56 Å². The summed E-state index contributed by atoms with van der Waals surface area (Å²) < 4.78 is 50.2. The van der Waals surface area contributed by atoms with Gasteiger partial charge in [-0.15, -0.1) is 0 Å². The molecule has 0 saturated heterocycles. The first-order valence-electron chi connectivity index (χ1n) is 12.9. The summed E-state index contributed by atoms with van der Waals surface area (Å²) in [5, 5.41) is 13.5. The zero-order chi connectivity index (χ0) is 31.1. The fraction of sp³-hybridized carbons (Fsp3) is 0.129. The van der Waals surface area contributed by atoms with E-state index in [1.807, 2.05) is 30.3 Å². The Morgan fingerprint density at radius 3 is 2.30 bits per heavy atom. The predicted octanol–water partition coefficient (Wildman–Crippen LogP) is 4.94. The highest BCUT2D eigenvalue weighted by atomic mass is 19.4. The molecule has 9 nitrogen and oxygen atoms in total. The Morgan fingerprint density at radius 1 is 1.02 bits per heavy atom. The van der Waals surface area contributed by atoms with Gasteiger partial charge in [0, 0.05) is 29.0 Å². The zero-order valence-electron chi connectivity index (χ0n) is 22.8. The molecule has 222 valence electrons. The zero-order valence-corrected chi connectivity index (χ0v) is 22.8. The van der Waals surface area contributed by atoms with E-state index in [1.165, 1.54) is 29.0 Å². The molecule has 1 heterocycles. The quantitative estimate of drug-likeness (QED) is 0.0835. The molecule has 1 aromatic heterocycles. The van der Waals surface area contributed by atoms with E-state index >= 15 is 0 Å². The lowest BCUT2D eigenvalue weighted by Crippen LogP contribution is -2.32. The van der Waals surface area contributed by atoms with Crippen LogP contribution in [-0.2, 0) is 16.0 Å². The molecule has 12 heteroatoms. The van der Waals surface area contributed by atoms with Crippen molar-refractivity contribution in [3.63, 3.8) is 0 Å². The van der Waals surface area contributed by atoms with Gasteiger partial charge in [0.15, 0.2) is 5.96 Å². The number of aliphatic imine (C=N–C) groups is 1. The van der Waals surface area contributed by atoms with Crippen LogP contribution in [0.25, 0.3) is 22.6 Å². The number of halogens is 3. The van der Waals surface area contributed by atoms with Crippen LogP contribution in [0.4, 0.5) is 13.2 Å². The minimum absolute atomic E-state index is 0.0720. The van der Waals surface area contributed by atoms with Crippen molar-refractivity contribution in [1.29, 1.82) is 0 Å². The molecule has 0 saturated carbocycles. The number of para-hydroxylation sites is 1. The molecule has 0 aliphatic carbocycles. The SMILES string of the molecule is C=C(/C=C(\N=C(N)N)c1ccc(C[C@H](N)C(=O)O)cc1)OC(c1ccccc1-n1ccc(-c2ccccc2)n1)C(F)(F)F.